The highest BCUT2D eigenvalue weighted by Crippen LogP contribution is 2.30. The molecule has 1 atom stereocenters. The molecule has 0 spiro atoms. The van der Waals surface area contributed by atoms with Gasteiger partial charge < -0.3 is 16.0 Å². The van der Waals surface area contributed by atoms with E-state index in [4.69, 9.17) is 0 Å². The number of likely N-dealkylation sites (tertiary alicyclic amines) is 1. The number of alkyl halides is 2. The lowest BCUT2D eigenvalue weighted by molar-refractivity contribution is -0.124. The third-order valence-electron chi connectivity index (χ3n) is 6.08. The zero-order chi connectivity index (χ0) is 25.4. The predicted molar refractivity (Wildman–Crippen MR) is 130 cm³/mol. The van der Waals surface area contributed by atoms with Gasteiger partial charge in [-0.2, -0.15) is 10.2 Å². The average molecular weight is 517 g/mol. The van der Waals surface area contributed by atoms with Crippen LogP contribution in [0.4, 0.5) is 8.78 Å². The molecule has 0 bridgehead atoms. The van der Waals surface area contributed by atoms with E-state index in [0.29, 0.717) is 34.8 Å². The third-order valence-corrected chi connectivity index (χ3v) is 7.24. The molecule has 2 aliphatic heterocycles. The summed E-state index contributed by atoms with van der Waals surface area (Å²) in [6.45, 7) is 1.79. The van der Waals surface area contributed by atoms with Gasteiger partial charge in [-0.05, 0) is 26.0 Å². The quantitative estimate of drug-likeness (QED) is 0.463. The van der Waals surface area contributed by atoms with Crippen LogP contribution in [-0.2, 0) is 11.8 Å². The van der Waals surface area contributed by atoms with E-state index in [1.54, 1.807) is 27.7 Å². The number of rotatable bonds is 6. The number of hydrogen-bond acceptors (Lipinski definition) is 7. The molecule has 0 saturated carbocycles. The Bertz CT molecular complexity index is 1370. The van der Waals surface area contributed by atoms with Gasteiger partial charge in [-0.15, -0.1) is 11.3 Å². The number of carbonyl (C=O) groups excluding carboxylic acids is 2. The van der Waals surface area contributed by atoms with Crippen LogP contribution in [0, 0.1) is 0 Å². The van der Waals surface area contributed by atoms with Gasteiger partial charge in [0.25, 0.3) is 11.8 Å². The number of hydrogen-bond donors (Lipinski definition) is 3. The van der Waals surface area contributed by atoms with E-state index in [9.17, 15) is 18.4 Å². The summed E-state index contributed by atoms with van der Waals surface area (Å²) in [4.78, 5) is 28.7. The Morgan fingerprint density at radius 2 is 2.08 bits per heavy atom. The van der Waals surface area contributed by atoms with E-state index in [0.717, 1.165) is 10.4 Å². The summed E-state index contributed by atoms with van der Waals surface area (Å²) in [5.41, 5.74) is 2.36. The number of aromatic nitrogens is 4. The zero-order valence-electron chi connectivity index (χ0n) is 19.8. The Kier molecular flexibility index (Phi) is 6.35. The first-order chi connectivity index (χ1) is 17.2. The second-order valence-corrected chi connectivity index (χ2v) is 10.1. The predicted octanol–water partition coefficient (Wildman–Crippen LogP) is 2.09. The van der Waals surface area contributed by atoms with E-state index in [2.05, 4.69) is 26.1 Å². The first-order valence-electron chi connectivity index (χ1n) is 11.5. The van der Waals surface area contributed by atoms with Crippen LogP contribution in [-0.4, -0.2) is 67.7 Å². The molecule has 2 aliphatic rings. The van der Waals surface area contributed by atoms with Crippen LogP contribution in [0.25, 0.3) is 15.3 Å². The fraction of sp³-hybridized carbons (Fsp3) is 0.391. The van der Waals surface area contributed by atoms with Crippen molar-refractivity contribution >= 4 is 28.0 Å². The zero-order valence-corrected chi connectivity index (χ0v) is 20.6. The molecule has 1 fully saturated rings. The lowest BCUT2D eigenvalue weighted by atomic mass is 10.1. The molecule has 36 heavy (non-hydrogen) atoms. The molecule has 190 valence electrons. The molecule has 3 N–H and O–H groups in total. The molecule has 3 aromatic heterocycles. The van der Waals surface area contributed by atoms with E-state index in [-0.39, 0.29) is 24.9 Å². The summed E-state index contributed by atoms with van der Waals surface area (Å²) in [5, 5.41) is 17.2. The van der Waals surface area contributed by atoms with Crippen molar-refractivity contribution in [3.63, 3.8) is 0 Å². The van der Waals surface area contributed by atoms with Gasteiger partial charge in [0.05, 0.1) is 47.7 Å². The Balaban J connectivity index is 1.25. The highest BCUT2D eigenvalue weighted by molar-refractivity contribution is 7.21. The van der Waals surface area contributed by atoms with Gasteiger partial charge in [0.1, 0.15) is 4.83 Å². The standard InChI is InChI=1S/C23H26F2N8O2S/c1-14-18(6-16(8-26-14)29-20(34)12-32-5-3-4-23(24,25)13-32)30-21(35)17-9-28-33-11-19(36-22(17)33)15-7-27-31(2)10-15/h6-11,14,26H,3-5,12-13H2,1-2H3,(H,29,34)(H,30,35). The second-order valence-electron chi connectivity index (χ2n) is 9.07. The molecule has 5 rings (SSSR count). The number of amides is 2. The summed E-state index contributed by atoms with van der Waals surface area (Å²) in [7, 11) is 1.84. The number of nitrogens with one attached hydrogen (secondary N) is 3. The molecule has 0 radical (unpaired) electrons. The Morgan fingerprint density at radius 3 is 2.83 bits per heavy atom. The first kappa shape index (κ1) is 24.1. The molecule has 1 unspecified atom stereocenters. The molecule has 1 saturated heterocycles. The number of aryl methyl sites for hydroxylation is 1. The number of halogens is 2. The van der Waals surface area contributed by atoms with Crippen LogP contribution in [0.1, 0.15) is 30.1 Å². The van der Waals surface area contributed by atoms with Crippen LogP contribution in [0.15, 0.2) is 48.5 Å². The minimum absolute atomic E-state index is 0.121. The highest BCUT2D eigenvalue weighted by atomic mass is 32.1. The topological polar surface area (TPSA) is 109 Å². The van der Waals surface area contributed by atoms with Crippen molar-refractivity contribution < 1.29 is 18.4 Å². The van der Waals surface area contributed by atoms with Gasteiger partial charge in [-0.3, -0.25) is 19.2 Å². The lowest BCUT2D eigenvalue weighted by Gasteiger charge is -2.32. The van der Waals surface area contributed by atoms with Gasteiger partial charge >= 0.3 is 0 Å². The van der Waals surface area contributed by atoms with Crippen molar-refractivity contribution in [1.82, 2.24) is 40.2 Å². The van der Waals surface area contributed by atoms with E-state index < -0.39 is 18.4 Å². The number of allylic oxidation sites excluding steroid dienone is 1. The monoisotopic (exact) mass is 516 g/mol. The Hall–Kier alpha value is -3.58. The largest absolute Gasteiger partial charge is 0.381 e. The third kappa shape index (κ3) is 5.16. The van der Waals surface area contributed by atoms with Crippen molar-refractivity contribution in [3.05, 3.63) is 54.0 Å². The summed E-state index contributed by atoms with van der Waals surface area (Å²) >= 11 is 1.44. The highest BCUT2D eigenvalue weighted by Gasteiger charge is 2.35. The van der Waals surface area contributed by atoms with E-state index in [1.807, 2.05) is 26.4 Å². The summed E-state index contributed by atoms with van der Waals surface area (Å²) in [6, 6.07) is -0.212. The van der Waals surface area contributed by atoms with E-state index >= 15 is 0 Å². The maximum absolute atomic E-state index is 13.6. The summed E-state index contributed by atoms with van der Waals surface area (Å²) < 4.78 is 30.6. The minimum Gasteiger partial charge on any atom is -0.381 e. The van der Waals surface area contributed by atoms with Gasteiger partial charge in [0.15, 0.2) is 0 Å². The van der Waals surface area contributed by atoms with E-state index in [1.165, 1.54) is 22.4 Å². The maximum Gasteiger partial charge on any atom is 0.260 e. The second kappa shape index (κ2) is 9.47. The van der Waals surface area contributed by atoms with Gasteiger partial charge in [0.2, 0.25) is 5.91 Å². The number of fused-ring (bicyclic) bond motifs is 1. The van der Waals surface area contributed by atoms with Gasteiger partial charge in [0, 0.05) is 43.3 Å². The number of nitrogens with zero attached hydrogens (tertiary/aromatic N) is 5. The fourth-order valence-corrected chi connectivity index (χ4v) is 5.30. The molecule has 5 heterocycles. The van der Waals surface area contributed by atoms with Gasteiger partial charge in [-0.25, -0.2) is 13.3 Å². The fourth-order valence-electron chi connectivity index (χ4n) is 4.26. The molecule has 0 aliphatic carbocycles. The van der Waals surface area contributed by atoms with Gasteiger partial charge in [-0.1, -0.05) is 0 Å². The molecule has 0 aromatic carbocycles. The van der Waals surface area contributed by atoms with Crippen LogP contribution < -0.4 is 16.0 Å². The Labute approximate surface area is 209 Å². The molecule has 10 nitrogen and oxygen atoms in total. The summed E-state index contributed by atoms with van der Waals surface area (Å²) in [6.07, 6.45) is 10.5. The van der Waals surface area contributed by atoms with Crippen molar-refractivity contribution in [1.29, 1.82) is 0 Å². The molecule has 3 aromatic rings. The minimum atomic E-state index is -2.77. The number of piperidine rings is 1. The molecule has 2 amide bonds. The molecule has 13 heteroatoms. The number of carbonyl (C=O) groups is 2. The van der Waals surface area contributed by atoms with Crippen molar-refractivity contribution in [2.45, 2.75) is 31.7 Å². The van der Waals surface area contributed by atoms with Crippen LogP contribution in [0.2, 0.25) is 0 Å². The first-order valence-corrected chi connectivity index (χ1v) is 12.3. The smallest absolute Gasteiger partial charge is 0.260 e. The van der Waals surface area contributed by atoms with Crippen LogP contribution in [0.3, 0.4) is 0 Å². The Morgan fingerprint density at radius 1 is 1.25 bits per heavy atom. The van der Waals surface area contributed by atoms with Crippen LogP contribution >= 0.6 is 11.3 Å². The van der Waals surface area contributed by atoms with Crippen LogP contribution in [0.5, 0.6) is 0 Å². The van der Waals surface area contributed by atoms with Crippen molar-refractivity contribution in [3.8, 4) is 10.4 Å². The van der Waals surface area contributed by atoms with Crippen molar-refractivity contribution in [2.24, 2.45) is 7.05 Å². The normalized spacial score (nSPS) is 19.9. The molecular formula is C23H26F2N8O2S. The van der Waals surface area contributed by atoms with Crippen molar-refractivity contribution in [2.75, 3.05) is 19.6 Å². The number of dihydropyridines is 1. The average Bonchev–Trinajstić information content (AvgIpc) is 3.50. The molecular weight excluding hydrogens is 490 g/mol. The number of thiazole rings is 1. The lowest BCUT2D eigenvalue weighted by Crippen LogP contribution is -2.47. The SMILES string of the molecule is CC1NC=C(NC(=O)CN2CCCC(F)(F)C2)C=C1NC(=O)c1cnn2cc(-c3cnn(C)c3)sc12. The maximum atomic E-state index is 13.6. The summed E-state index contributed by atoms with van der Waals surface area (Å²) in [5.74, 6) is -3.48.